The van der Waals surface area contributed by atoms with Gasteiger partial charge < -0.3 is 9.67 Å². The lowest BCUT2D eigenvalue weighted by Crippen LogP contribution is -2.30. The molecular formula is C12H11N5O3S. The molecule has 1 N–H and O–H groups in total. The predicted molar refractivity (Wildman–Crippen MR) is 77.7 cm³/mol. The number of hydrogen-bond acceptors (Lipinski definition) is 6. The van der Waals surface area contributed by atoms with Crippen molar-refractivity contribution in [2.24, 2.45) is 0 Å². The third-order valence-electron chi connectivity index (χ3n) is 3.22. The van der Waals surface area contributed by atoms with Gasteiger partial charge in [0, 0.05) is 12.4 Å². The van der Waals surface area contributed by atoms with E-state index in [0.717, 1.165) is 0 Å². The predicted octanol–water partition coefficient (Wildman–Crippen LogP) is 0.385. The van der Waals surface area contributed by atoms with Gasteiger partial charge in [-0.2, -0.15) is 27.2 Å². The third-order valence-corrected chi connectivity index (χ3v) is 3.48. The number of carboxylic acids is 1. The molecule has 0 aliphatic rings. The van der Waals surface area contributed by atoms with Crippen molar-refractivity contribution in [2.75, 3.05) is 5.75 Å². The van der Waals surface area contributed by atoms with Crippen LogP contribution in [0.1, 0.15) is 12.5 Å². The van der Waals surface area contributed by atoms with E-state index < -0.39 is 17.6 Å². The van der Waals surface area contributed by atoms with Crippen LogP contribution in [-0.4, -0.2) is 41.0 Å². The van der Waals surface area contributed by atoms with Crippen molar-refractivity contribution in [3.63, 3.8) is 0 Å². The van der Waals surface area contributed by atoms with Gasteiger partial charge in [0.05, 0.1) is 10.9 Å². The van der Waals surface area contributed by atoms with Crippen molar-refractivity contribution in [3.05, 3.63) is 35.1 Å². The van der Waals surface area contributed by atoms with Crippen molar-refractivity contribution in [1.82, 2.24) is 24.1 Å². The largest absolute Gasteiger partial charge is 0.480 e. The SMILES string of the molecule is O=C(O)[C@H](CCS)n1ccc2c(cnc3ncnn32)c1=O. The molecular weight excluding hydrogens is 294 g/mol. The van der Waals surface area contributed by atoms with Gasteiger partial charge in [-0.3, -0.25) is 4.79 Å². The van der Waals surface area contributed by atoms with E-state index in [-0.39, 0.29) is 6.42 Å². The molecule has 0 saturated carbocycles. The van der Waals surface area contributed by atoms with Gasteiger partial charge in [0.25, 0.3) is 11.3 Å². The summed E-state index contributed by atoms with van der Waals surface area (Å²) in [5.74, 6) is -0.327. The second kappa shape index (κ2) is 5.17. The Labute approximate surface area is 123 Å². The second-order valence-corrected chi connectivity index (χ2v) is 4.87. The summed E-state index contributed by atoms with van der Waals surface area (Å²) in [6.07, 6.45) is 4.43. The Morgan fingerprint density at radius 2 is 2.24 bits per heavy atom. The lowest BCUT2D eigenvalue weighted by molar-refractivity contribution is -0.141. The minimum absolute atomic E-state index is 0.253. The summed E-state index contributed by atoms with van der Waals surface area (Å²) in [6, 6.07) is 0.681. The third kappa shape index (κ3) is 2.15. The number of hydrogen-bond donors (Lipinski definition) is 2. The summed E-state index contributed by atoms with van der Waals surface area (Å²) < 4.78 is 2.63. The highest BCUT2D eigenvalue weighted by molar-refractivity contribution is 7.80. The number of thiol groups is 1. The summed E-state index contributed by atoms with van der Waals surface area (Å²) in [4.78, 5) is 31.8. The highest BCUT2D eigenvalue weighted by atomic mass is 32.1. The number of pyridine rings is 1. The first-order valence-electron chi connectivity index (χ1n) is 6.16. The van der Waals surface area contributed by atoms with Gasteiger partial charge in [-0.25, -0.2) is 9.78 Å². The van der Waals surface area contributed by atoms with E-state index in [2.05, 4.69) is 27.7 Å². The van der Waals surface area contributed by atoms with E-state index in [4.69, 9.17) is 0 Å². The number of aromatic nitrogens is 5. The zero-order chi connectivity index (χ0) is 15.0. The van der Waals surface area contributed by atoms with Gasteiger partial charge in [-0.15, -0.1) is 0 Å². The van der Waals surface area contributed by atoms with Crippen molar-refractivity contribution in [3.8, 4) is 0 Å². The van der Waals surface area contributed by atoms with Crippen molar-refractivity contribution in [2.45, 2.75) is 12.5 Å². The molecule has 0 radical (unpaired) electrons. The molecule has 3 rings (SSSR count). The normalized spacial score (nSPS) is 12.8. The van der Waals surface area contributed by atoms with Gasteiger partial charge in [0.1, 0.15) is 12.4 Å². The molecule has 0 aromatic carbocycles. The van der Waals surface area contributed by atoms with Gasteiger partial charge in [0.15, 0.2) is 0 Å². The molecule has 0 aliphatic heterocycles. The maximum Gasteiger partial charge on any atom is 0.326 e. The number of carboxylic acid groups (broad SMARTS) is 1. The van der Waals surface area contributed by atoms with Crippen LogP contribution in [0.3, 0.4) is 0 Å². The molecule has 0 amide bonds. The van der Waals surface area contributed by atoms with Crippen LogP contribution >= 0.6 is 12.6 Å². The smallest absolute Gasteiger partial charge is 0.326 e. The Bertz CT molecular complexity index is 887. The van der Waals surface area contributed by atoms with E-state index in [9.17, 15) is 14.7 Å². The van der Waals surface area contributed by atoms with Gasteiger partial charge in [-0.05, 0) is 18.2 Å². The molecule has 0 aliphatic carbocycles. The first-order valence-corrected chi connectivity index (χ1v) is 6.80. The summed E-state index contributed by atoms with van der Waals surface area (Å²) in [7, 11) is 0. The van der Waals surface area contributed by atoms with Gasteiger partial charge in [-0.1, -0.05) is 0 Å². The highest BCUT2D eigenvalue weighted by Crippen LogP contribution is 2.14. The fourth-order valence-electron chi connectivity index (χ4n) is 2.23. The van der Waals surface area contributed by atoms with E-state index >= 15 is 0 Å². The Morgan fingerprint density at radius 3 is 2.95 bits per heavy atom. The molecule has 8 nitrogen and oxygen atoms in total. The highest BCUT2D eigenvalue weighted by Gasteiger charge is 2.21. The van der Waals surface area contributed by atoms with E-state index in [1.54, 1.807) is 6.07 Å². The minimum atomic E-state index is -1.07. The molecule has 21 heavy (non-hydrogen) atoms. The number of fused-ring (bicyclic) bond motifs is 3. The van der Waals surface area contributed by atoms with Gasteiger partial charge in [0.2, 0.25) is 0 Å². The summed E-state index contributed by atoms with van der Waals surface area (Å²) in [5, 5.41) is 13.5. The van der Waals surface area contributed by atoms with Crippen LogP contribution in [0.15, 0.2) is 29.6 Å². The second-order valence-electron chi connectivity index (χ2n) is 4.42. The van der Waals surface area contributed by atoms with E-state index in [1.165, 1.54) is 27.8 Å². The summed E-state index contributed by atoms with van der Waals surface area (Å²) in [6.45, 7) is 0. The maximum absolute atomic E-state index is 12.5. The fraction of sp³-hybridized carbons (Fsp3) is 0.250. The summed E-state index contributed by atoms with van der Waals surface area (Å²) >= 11 is 4.04. The van der Waals surface area contributed by atoms with Crippen LogP contribution in [0.5, 0.6) is 0 Å². The van der Waals surface area contributed by atoms with Crippen LogP contribution < -0.4 is 5.56 Å². The van der Waals surface area contributed by atoms with Crippen molar-refractivity contribution >= 4 is 35.3 Å². The number of aliphatic carboxylic acids is 1. The number of carbonyl (C=O) groups is 1. The molecule has 0 saturated heterocycles. The van der Waals surface area contributed by atoms with Crippen LogP contribution in [0, 0.1) is 0 Å². The van der Waals surface area contributed by atoms with Gasteiger partial charge >= 0.3 is 5.97 Å². The van der Waals surface area contributed by atoms with E-state index in [1.807, 2.05) is 0 Å². The van der Waals surface area contributed by atoms with Crippen LogP contribution in [0.25, 0.3) is 16.7 Å². The molecule has 1 atom stereocenters. The fourth-order valence-corrected chi connectivity index (χ4v) is 2.47. The van der Waals surface area contributed by atoms with Crippen molar-refractivity contribution in [1.29, 1.82) is 0 Å². The zero-order valence-electron chi connectivity index (χ0n) is 10.7. The Balaban J connectivity index is 2.27. The molecule has 0 unspecified atom stereocenters. The molecule has 0 bridgehead atoms. The maximum atomic E-state index is 12.5. The van der Waals surface area contributed by atoms with Crippen LogP contribution in [-0.2, 0) is 4.79 Å². The molecule has 108 valence electrons. The molecule has 3 aromatic heterocycles. The molecule has 0 fully saturated rings. The average molecular weight is 305 g/mol. The van der Waals surface area contributed by atoms with Crippen LogP contribution in [0.2, 0.25) is 0 Å². The number of rotatable bonds is 4. The lowest BCUT2D eigenvalue weighted by atomic mass is 10.2. The first kappa shape index (κ1) is 13.6. The number of nitrogens with zero attached hydrogens (tertiary/aromatic N) is 5. The first-order chi connectivity index (χ1) is 10.1. The van der Waals surface area contributed by atoms with Crippen LogP contribution in [0.4, 0.5) is 0 Å². The Kier molecular flexibility index (Phi) is 3.34. The molecule has 3 aromatic rings. The van der Waals surface area contributed by atoms with Crippen molar-refractivity contribution < 1.29 is 9.90 Å². The Morgan fingerprint density at radius 1 is 1.43 bits per heavy atom. The lowest BCUT2D eigenvalue weighted by Gasteiger charge is -2.15. The monoisotopic (exact) mass is 305 g/mol. The topological polar surface area (TPSA) is 102 Å². The standard InChI is InChI=1S/C12H11N5O3S/c18-10-7-5-13-12-14-6-15-17(12)8(7)1-3-16(10)9(2-4-21)11(19)20/h1,3,5-6,9,21H,2,4H2,(H,19,20)/t9-/m0/s1. The minimum Gasteiger partial charge on any atom is -0.480 e. The average Bonchev–Trinajstić information content (AvgIpc) is 2.94. The molecule has 0 spiro atoms. The molecule has 3 heterocycles. The molecule has 9 heteroatoms. The summed E-state index contributed by atoms with van der Waals surface area (Å²) in [5.41, 5.74) is 0.111. The Hall–Kier alpha value is -2.42. The van der Waals surface area contributed by atoms with E-state index in [0.29, 0.717) is 22.4 Å². The quantitative estimate of drug-likeness (QED) is 0.676. The zero-order valence-corrected chi connectivity index (χ0v) is 11.6.